The molecule has 0 radical (unpaired) electrons. The van der Waals surface area contributed by atoms with E-state index in [9.17, 15) is 9.59 Å². The molecule has 0 atom stereocenters. The van der Waals surface area contributed by atoms with Crippen molar-refractivity contribution in [1.82, 2.24) is 4.90 Å². The van der Waals surface area contributed by atoms with E-state index in [0.717, 1.165) is 5.56 Å². The zero-order valence-electron chi connectivity index (χ0n) is 16.6. The van der Waals surface area contributed by atoms with Crippen LogP contribution in [0.15, 0.2) is 48.2 Å². The number of ether oxygens (including phenoxy) is 2. The largest absolute Gasteiger partial charge is 0.497 e. The Morgan fingerprint density at radius 1 is 1.03 bits per heavy atom. The van der Waals surface area contributed by atoms with Crippen molar-refractivity contribution < 1.29 is 19.1 Å². The number of carbonyl (C=O) groups excluding carboxylic acids is 2. The third kappa shape index (κ3) is 4.44. The number of anilines is 1. The van der Waals surface area contributed by atoms with Crippen molar-refractivity contribution in [3.8, 4) is 5.75 Å². The fourth-order valence-electron chi connectivity index (χ4n) is 3.10. The molecule has 2 amide bonds. The molecule has 29 heavy (non-hydrogen) atoms. The molecule has 1 N–H and O–H groups in total. The number of rotatable bonds is 8. The maximum Gasteiger partial charge on any atom is 0.278 e. The summed E-state index contributed by atoms with van der Waals surface area (Å²) in [6.45, 7) is 2.65. The quantitative estimate of drug-likeness (QED) is 0.524. The molecule has 6 nitrogen and oxygen atoms in total. The molecule has 2 aromatic carbocycles. The first-order valence-electron chi connectivity index (χ1n) is 9.23. The van der Waals surface area contributed by atoms with Gasteiger partial charge in [0.1, 0.15) is 11.4 Å². The van der Waals surface area contributed by atoms with Crippen LogP contribution in [0, 0.1) is 6.92 Å². The molecule has 0 bridgehead atoms. The Morgan fingerprint density at radius 3 is 2.38 bits per heavy atom. The summed E-state index contributed by atoms with van der Waals surface area (Å²) < 4.78 is 10.2. The average molecular weight is 415 g/mol. The molecule has 1 aliphatic heterocycles. The Labute approximate surface area is 175 Å². The van der Waals surface area contributed by atoms with Gasteiger partial charge in [-0.1, -0.05) is 29.8 Å². The van der Waals surface area contributed by atoms with Crippen LogP contribution in [0.5, 0.6) is 5.75 Å². The summed E-state index contributed by atoms with van der Waals surface area (Å²) in [5, 5.41) is 3.69. The Hall–Kier alpha value is -2.83. The third-order valence-electron chi connectivity index (χ3n) is 4.72. The lowest BCUT2D eigenvalue weighted by molar-refractivity contribution is -0.136. The number of hydrogen-bond acceptors (Lipinski definition) is 5. The van der Waals surface area contributed by atoms with E-state index in [-0.39, 0.29) is 24.1 Å². The molecular weight excluding hydrogens is 392 g/mol. The number of benzene rings is 2. The molecule has 2 aromatic rings. The van der Waals surface area contributed by atoms with Crippen molar-refractivity contribution in [3.05, 3.63) is 64.3 Å². The molecule has 0 saturated heterocycles. The molecule has 0 saturated carbocycles. The van der Waals surface area contributed by atoms with E-state index >= 15 is 0 Å². The van der Waals surface area contributed by atoms with Gasteiger partial charge >= 0.3 is 0 Å². The zero-order chi connectivity index (χ0) is 21.0. The van der Waals surface area contributed by atoms with Crippen molar-refractivity contribution in [1.29, 1.82) is 0 Å². The number of aryl methyl sites for hydroxylation is 1. The Kier molecular flexibility index (Phi) is 6.56. The molecular formula is C22H23ClN2O4. The van der Waals surface area contributed by atoms with Gasteiger partial charge in [-0.25, -0.2) is 0 Å². The van der Waals surface area contributed by atoms with Crippen molar-refractivity contribution in [2.45, 2.75) is 13.3 Å². The Balaban J connectivity index is 1.99. The topological polar surface area (TPSA) is 67.9 Å². The van der Waals surface area contributed by atoms with Crippen molar-refractivity contribution in [2.75, 3.05) is 32.7 Å². The van der Waals surface area contributed by atoms with Crippen LogP contribution < -0.4 is 10.1 Å². The average Bonchev–Trinajstić information content (AvgIpc) is 2.95. The summed E-state index contributed by atoms with van der Waals surface area (Å²) in [4.78, 5) is 27.4. The Bertz CT molecular complexity index is 954. The predicted molar refractivity (Wildman–Crippen MR) is 113 cm³/mol. The molecule has 3 rings (SSSR count). The Morgan fingerprint density at radius 2 is 1.76 bits per heavy atom. The molecule has 0 aliphatic carbocycles. The van der Waals surface area contributed by atoms with Crippen molar-refractivity contribution in [3.63, 3.8) is 0 Å². The SMILES string of the molecule is COCCCN1C(=O)C(Nc2ccc(C)c(Cl)c2)=C(c2ccc(OC)cc2)C1=O. The number of methoxy groups -OCH3 is 2. The summed E-state index contributed by atoms with van der Waals surface area (Å²) in [6, 6.07) is 12.5. The standard InChI is InChI=1S/C22H23ClN2O4/c1-14-5-8-16(13-18(14)23)24-20-19(15-6-9-17(29-3)10-7-15)21(26)25(22(20)27)11-4-12-28-2/h5-10,13,24H,4,11-12H2,1-3H3. The van der Waals surface area contributed by atoms with E-state index in [1.807, 2.05) is 19.1 Å². The van der Waals surface area contributed by atoms with Gasteiger partial charge in [0.15, 0.2) is 0 Å². The highest BCUT2D eigenvalue weighted by molar-refractivity contribution is 6.36. The third-order valence-corrected chi connectivity index (χ3v) is 5.13. The number of halogens is 1. The summed E-state index contributed by atoms with van der Waals surface area (Å²) in [6.07, 6.45) is 0.563. The molecule has 152 valence electrons. The minimum atomic E-state index is -0.367. The van der Waals surface area contributed by atoms with Gasteiger partial charge in [0, 0.05) is 31.0 Å². The molecule has 0 unspecified atom stereocenters. The summed E-state index contributed by atoms with van der Waals surface area (Å²) >= 11 is 6.22. The highest BCUT2D eigenvalue weighted by Crippen LogP contribution is 2.32. The fraction of sp³-hybridized carbons (Fsp3) is 0.273. The minimum Gasteiger partial charge on any atom is -0.497 e. The molecule has 0 fully saturated rings. The zero-order valence-corrected chi connectivity index (χ0v) is 17.4. The minimum absolute atomic E-state index is 0.234. The van der Waals surface area contributed by atoms with E-state index in [1.54, 1.807) is 44.6 Å². The number of amides is 2. The smallest absolute Gasteiger partial charge is 0.278 e. The second kappa shape index (κ2) is 9.11. The first kappa shape index (κ1) is 20.9. The lowest BCUT2D eigenvalue weighted by atomic mass is 10.0. The van der Waals surface area contributed by atoms with Gasteiger partial charge in [-0.05, 0) is 48.7 Å². The van der Waals surface area contributed by atoms with E-state index in [4.69, 9.17) is 21.1 Å². The maximum atomic E-state index is 13.1. The summed E-state index contributed by atoms with van der Waals surface area (Å²) in [5.74, 6) is -0.0338. The first-order chi connectivity index (χ1) is 14.0. The number of hydrogen-bond donors (Lipinski definition) is 1. The maximum absolute atomic E-state index is 13.1. The molecule has 7 heteroatoms. The predicted octanol–water partition coefficient (Wildman–Crippen LogP) is 3.89. The number of carbonyl (C=O) groups is 2. The summed E-state index contributed by atoms with van der Waals surface area (Å²) in [7, 11) is 3.16. The van der Waals surface area contributed by atoms with Crippen LogP contribution in [0.4, 0.5) is 5.69 Å². The second-order valence-electron chi connectivity index (χ2n) is 6.68. The highest BCUT2D eigenvalue weighted by atomic mass is 35.5. The van der Waals surface area contributed by atoms with Gasteiger partial charge in [0.05, 0.1) is 12.7 Å². The molecule has 0 spiro atoms. The van der Waals surface area contributed by atoms with Crippen LogP contribution >= 0.6 is 11.6 Å². The molecule has 1 aliphatic rings. The van der Waals surface area contributed by atoms with Crippen LogP contribution in [0.3, 0.4) is 0 Å². The van der Waals surface area contributed by atoms with E-state index in [2.05, 4.69) is 5.32 Å². The van der Waals surface area contributed by atoms with Gasteiger partial charge in [0.25, 0.3) is 11.8 Å². The van der Waals surface area contributed by atoms with Gasteiger partial charge in [-0.2, -0.15) is 0 Å². The van der Waals surface area contributed by atoms with Gasteiger partial charge in [0.2, 0.25) is 0 Å². The van der Waals surface area contributed by atoms with E-state index in [0.29, 0.717) is 40.6 Å². The summed E-state index contributed by atoms with van der Waals surface area (Å²) in [5.41, 5.74) is 2.77. The van der Waals surface area contributed by atoms with Crippen molar-refractivity contribution in [2.24, 2.45) is 0 Å². The molecule has 1 heterocycles. The van der Waals surface area contributed by atoms with Gasteiger partial charge in [-0.3, -0.25) is 14.5 Å². The van der Waals surface area contributed by atoms with Crippen LogP contribution in [0.25, 0.3) is 5.57 Å². The van der Waals surface area contributed by atoms with E-state index in [1.165, 1.54) is 4.90 Å². The van der Waals surface area contributed by atoms with Gasteiger partial charge < -0.3 is 14.8 Å². The lowest BCUT2D eigenvalue weighted by Crippen LogP contribution is -2.33. The lowest BCUT2D eigenvalue weighted by Gasteiger charge is -2.15. The number of imide groups is 1. The normalized spacial score (nSPS) is 14.0. The second-order valence-corrected chi connectivity index (χ2v) is 7.08. The highest BCUT2D eigenvalue weighted by Gasteiger charge is 2.38. The van der Waals surface area contributed by atoms with Crippen LogP contribution in [0.2, 0.25) is 5.02 Å². The van der Waals surface area contributed by atoms with Crippen LogP contribution in [-0.2, 0) is 14.3 Å². The monoisotopic (exact) mass is 414 g/mol. The van der Waals surface area contributed by atoms with Gasteiger partial charge in [-0.15, -0.1) is 0 Å². The van der Waals surface area contributed by atoms with Crippen molar-refractivity contribution >= 4 is 34.7 Å². The fourth-order valence-corrected chi connectivity index (χ4v) is 3.28. The number of nitrogens with one attached hydrogen (secondary N) is 1. The number of nitrogens with zero attached hydrogens (tertiary/aromatic N) is 1. The van der Waals surface area contributed by atoms with E-state index < -0.39 is 0 Å². The molecule has 0 aromatic heterocycles. The van der Waals surface area contributed by atoms with Crippen LogP contribution in [-0.4, -0.2) is 44.1 Å². The van der Waals surface area contributed by atoms with Crippen LogP contribution in [0.1, 0.15) is 17.5 Å². The first-order valence-corrected chi connectivity index (χ1v) is 9.61.